The van der Waals surface area contributed by atoms with Crippen LogP contribution >= 0.6 is 11.6 Å². The Morgan fingerprint density at radius 1 is 1.00 bits per heavy atom. The Balaban J connectivity index is 1.91. The van der Waals surface area contributed by atoms with Gasteiger partial charge in [0.05, 0.1) is 0 Å². The Morgan fingerprint density at radius 3 is 2.11 bits per heavy atom. The van der Waals surface area contributed by atoms with Gasteiger partial charge in [0.15, 0.2) is 0 Å². The molecule has 0 spiro atoms. The maximum absolute atomic E-state index is 6.17. The van der Waals surface area contributed by atoms with E-state index in [0.29, 0.717) is 5.38 Å². The molecular formula is C16H32ClN. The van der Waals surface area contributed by atoms with Crippen LogP contribution < -0.4 is 0 Å². The molecule has 1 atom stereocenters. The molecule has 0 saturated carbocycles. The number of rotatable bonds is 9. The van der Waals surface area contributed by atoms with Crippen LogP contribution in [0.3, 0.4) is 0 Å². The second-order valence-electron chi connectivity index (χ2n) is 5.98. The van der Waals surface area contributed by atoms with Gasteiger partial charge in [0.1, 0.15) is 0 Å². The first-order valence-corrected chi connectivity index (χ1v) is 8.54. The average Bonchev–Trinajstić information content (AvgIpc) is 2.38. The summed E-state index contributed by atoms with van der Waals surface area (Å²) in [6.45, 7) is 8.30. The predicted octanol–water partition coefficient (Wildman–Crippen LogP) is 5.08. The van der Waals surface area contributed by atoms with Crippen LogP contribution in [0.4, 0.5) is 0 Å². The van der Waals surface area contributed by atoms with Crippen molar-refractivity contribution in [3.8, 4) is 0 Å². The first-order valence-electron chi connectivity index (χ1n) is 8.10. The van der Waals surface area contributed by atoms with E-state index in [9.17, 15) is 0 Å². The fraction of sp³-hybridized carbons (Fsp3) is 1.00. The van der Waals surface area contributed by atoms with Crippen molar-refractivity contribution in [1.29, 1.82) is 0 Å². The van der Waals surface area contributed by atoms with Crippen LogP contribution in [0.25, 0.3) is 0 Å². The van der Waals surface area contributed by atoms with Crippen LogP contribution in [0, 0.1) is 5.92 Å². The average molecular weight is 274 g/mol. The fourth-order valence-corrected chi connectivity index (χ4v) is 3.18. The van der Waals surface area contributed by atoms with E-state index >= 15 is 0 Å². The molecule has 1 aliphatic rings. The van der Waals surface area contributed by atoms with E-state index in [0.717, 1.165) is 5.92 Å². The maximum atomic E-state index is 6.17. The molecule has 1 rings (SSSR count). The highest BCUT2D eigenvalue weighted by atomic mass is 35.5. The minimum atomic E-state index is 0.366. The number of unbranched alkanes of at least 4 members (excludes halogenated alkanes) is 6. The van der Waals surface area contributed by atoms with Crippen molar-refractivity contribution in [3.05, 3.63) is 0 Å². The van der Waals surface area contributed by atoms with Gasteiger partial charge in [-0.3, -0.25) is 0 Å². The highest BCUT2D eigenvalue weighted by Gasteiger charge is 2.21. The molecule has 1 saturated heterocycles. The van der Waals surface area contributed by atoms with Crippen LogP contribution in [0.15, 0.2) is 0 Å². The number of alkyl halides is 1. The van der Waals surface area contributed by atoms with E-state index < -0.39 is 0 Å². The molecule has 108 valence electrons. The third-order valence-corrected chi connectivity index (χ3v) is 4.72. The monoisotopic (exact) mass is 273 g/mol. The number of piperidine rings is 1. The predicted molar refractivity (Wildman–Crippen MR) is 82.5 cm³/mol. The summed E-state index contributed by atoms with van der Waals surface area (Å²) >= 11 is 6.17. The highest BCUT2D eigenvalue weighted by molar-refractivity contribution is 6.20. The zero-order chi connectivity index (χ0) is 13.2. The van der Waals surface area contributed by atoms with Crippen molar-refractivity contribution in [2.45, 2.75) is 77.0 Å². The van der Waals surface area contributed by atoms with E-state index in [1.807, 2.05) is 0 Å². The SMILES string of the molecule is CCCCCCCCCN1CCC(C(C)Cl)CC1. The molecule has 0 bridgehead atoms. The Morgan fingerprint density at radius 2 is 1.56 bits per heavy atom. The number of likely N-dealkylation sites (tertiary alicyclic amines) is 1. The second-order valence-corrected chi connectivity index (χ2v) is 6.67. The van der Waals surface area contributed by atoms with Gasteiger partial charge < -0.3 is 4.90 Å². The summed E-state index contributed by atoms with van der Waals surface area (Å²) in [7, 11) is 0. The third kappa shape index (κ3) is 6.99. The summed E-state index contributed by atoms with van der Waals surface area (Å²) in [5, 5.41) is 0.366. The van der Waals surface area contributed by atoms with Gasteiger partial charge >= 0.3 is 0 Å². The van der Waals surface area contributed by atoms with Gasteiger partial charge in [-0.1, -0.05) is 45.4 Å². The van der Waals surface area contributed by atoms with E-state index in [1.54, 1.807) is 0 Å². The lowest BCUT2D eigenvalue weighted by atomic mass is 9.94. The lowest BCUT2D eigenvalue weighted by Gasteiger charge is -2.33. The molecule has 0 aromatic rings. The summed E-state index contributed by atoms with van der Waals surface area (Å²) in [4.78, 5) is 2.64. The first-order chi connectivity index (χ1) is 8.74. The van der Waals surface area contributed by atoms with Gasteiger partial charge in [0.2, 0.25) is 0 Å². The molecule has 0 radical (unpaired) electrons. The zero-order valence-electron chi connectivity index (χ0n) is 12.5. The first kappa shape index (κ1) is 16.3. The number of halogens is 1. The van der Waals surface area contributed by atoms with Gasteiger partial charge in [-0.25, -0.2) is 0 Å². The van der Waals surface area contributed by atoms with Crippen LogP contribution in [0.5, 0.6) is 0 Å². The molecule has 1 aliphatic heterocycles. The summed E-state index contributed by atoms with van der Waals surface area (Å²) < 4.78 is 0. The van der Waals surface area contributed by atoms with E-state index in [1.165, 1.54) is 77.4 Å². The lowest BCUT2D eigenvalue weighted by Crippen LogP contribution is -2.36. The maximum Gasteiger partial charge on any atom is 0.0337 e. The van der Waals surface area contributed by atoms with Crippen molar-refractivity contribution in [3.63, 3.8) is 0 Å². The van der Waals surface area contributed by atoms with Crippen molar-refractivity contribution in [1.82, 2.24) is 4.90 Å². The molecule has 1 fully saturated rings. The number of nitrogens with zero attached hydrogens (tertiary/aromatic N) is 1. The van der Waals surface area contributed by atoms with Crippen LogP contribution in [0.1, 0.15) is 71.6 Å². The quantitative estimate of drug-likeness (QED) is 0.418. The largest absolute Gasteiger partial charge is 0.303 e. The summed E-state index contributed by atoms with van der Waals surface area (Å²) in [5.41, 5.74) is 0. The van der Waals surface area contributed by atoms with Gasteiger partial charge in [-0.15, -0.1) is 11.6 Å². The second kappa shape index (κ2) is 10.1. The molecule has 0 aromatic heterocycles. The highest BCUT2D eigenvalue weighted by Crippen LogP contribution is 2.24. The smallest absolute Gasteiger partial charge is 0.0337 e. The van der Waals surface area contributed by atoms with Crippen LogP contribution in [-0.2, 0) is 0 Å². The molecule has 0 aromatic carbocycles. The van der Waals surface area contributed by atoms with Gasteiger partial charge in [0, 0.05) is 5.38 Å². The Bertz CT molecular complexity index is 186. The molecule has 1 nitrogen and oxygen atoms in total. The number of hydrogen-bond donors (Lipinski definition) is 0. The van der Waals surface area contributed by atoms with E-state index in [2.05, 4.69) is 18.7 Å². The topological polar surface area (TPSA) is 3.24 Å². The molecule has 1 heterocycles. The van der Waals surface area contributed by atoms with E-state index in [4.69, 9.17) is 11.6 Å². The van der Waals surface area contributed by atoms with Crippen molar-refractivity contribution >= 4 is 11.6 Å². The summed E-state index contributed by atoms with van der Waals surface area (Å²) in [6.07, 6.45) is 12.5. The van der Waals surface area contributed by atoms with Crippen molar-refractivity contribution in [2.24, 2.45) is 5.92 Å². The Labute approximate surface area is 119 Å². The summed E-state index contributed by atoms with van der Waals surface area (Å²) in [5.74, 6) is 0.761. The molecule has 1 unspecified atom stereocenters. The standard InChI is InChI=1S/C16H32ClN/c1-3-4-5-6-7-8-9-12-18-13-10-16(11-14-18)15(2)17/h15-16H,3-14H2,1-2H3. The minimum absolute atomic E-state index is 0.366. The van der Waals surface area contributed by atoms with Gasteiger partial charge in [-0.05, 0) is 51.7 Å². The zero-order valence-corrected chi connectivity index (χ0v) is 13.2. The lowest BCUT2D eigenvalue weighted by molar-refractivity contribution is 0.180. The van der Waals surface area contributed by atoms with Gasteiger partial charge in [0.25, 0.3) is 0 Å². The molecular weight excluding hydrogens is 242 g/mol. The molecule has 0 aliphatic carbocycles. The molecule has 0 N–H and O–H groups in total. The van der Waals surface area contributed by atoms with Crippen LogP contribution in [0.2, 0.25) is 0 Å². The van der Waals surface area contributed by atoms with Gasteiger partial charge in [-0.2, -0.15) is 0 Å². The molecule has 2 heteroatoms. The molecule has 18 heavy (non-hydrogen) atoms. The summed E-state index contributed by atoms with van der Waals surface area (Å²) in [6, 6.07) is 0. The van der Waals surface area contributed by atoms with E-state index in [-0.39, 0.29) is 0 Å². The Hall–Kier alpha value is 0.250. The normalized spacial score (nSPS) is 20.2. The minimum Gasteiger partial charge on any atom is -0.303 e. The van der Waals surface area contributed by atoms with Crippen LogP contribution in [-0.4, -0.2) is 29.9 Å². The van der Waals surface area contributed by atoms with Crippen molar-refractivity contribution < 1.29 is 0 Å². The third-order valence-electron chi connectivity index (χ3n) is 4.36. The number of hydrogen-bond acceptors (Lipinski definition) is 1. The van der Waals surface area contributed by atoms with Crippen molar-refractivity contribution in [2.75, 3.05) is 19.6 Å². The Kier molecular flexibility index (Phi) is 9.14. The molecule has 0 amide bonds. The fourth-order valence-electron chi connectivity index (χ4n) is 2.93.